The lowest BCUT2D eigenvalue weighted by atomic mass is 9.59. The molecular formula is C29H48O10S. The summed E-state index contributed by atoms with van der Waals surface area (Å²) in [6.07, 6.45) is 6.49. The maximum atomic E-state index is 12.0. The lowest BCUT2D eigenvalue weighted by molar-refractivity contribution is -0.149. The van der Waals surface area contributed by atoms with Gasteiger partial charge < -0.3 is 19.7 Å². The largest absolute Gasteiger partial charge is 0.467 e. The summed E-state index contributed by atoms with van der Waals surface area (Å²) in [5, 5.41) is 19.9. The molecule has 5 atom stereocenters. The number of carbonyl (C=O) groups is 3. The Balaban J connectivity index is 0.000000640. The van der Waals surface area contributed by atoms with E-state index in [9.17, 15) is 27.9 Å². The van der Waals surface area contributed by atoms with Crippen LogP contribution in [0.15, 0.2) is 11.1 Å². The van der Waals surface area contributed by atoms with Crippen LogP contribution in [0.3, 0.4) is 0 Å². The molecule has 3 rings (SSSR count). The zero-order valence-electron chi connectivity index (χ0n) is 23.9. The minimum Gasteiger partial charge on any atom is -0.467 e. The van der Waals surface area contributed by atoms with E-state index < -0.39 is 33.2 Å². The van der Waals surface area contributed by atoms with Crippen molar-refractivity contribution < 1.29 is 47.0 Å². The molecule has 1 saturated carbocycles. The number of ketones is 2. The standard InChI is InChI=1S/C14H22O4.C13H18O3.CH4O3S.CH4/c1-12-6-4-7-14(16,8-5-9-17-3)13(12,2)10-18-11-15;1-8-3-4-9-5-6-10(15)12(9)13(8,2)11(16)7-14;1-5(2,3)4;/h11-12,16H,4,6-7,9-10H2,1-3H3;8,14H,3-7H2,1-2H3;1H3,(H,2,3,4);1H4/t12-,13-,14?;8-,13+;;/m11../s1. The average Bonchev–Trinajstić information content (AvgIpc) is 3.24. The first kappa shape index (κ1) is 37.9. The number of carbonyl (C=O) groups excluding carboxylic acids is 3. The molecule has 40 heavy (non-hydrogen) atoms. The Morgan fingerprint density at radius 3 is 2.27 bits per heavy atom. The summed E-state index contributed by atoms with van der Waals surface area (Å²) in [5.41, 5.74) is -0.507. The van der Waals surface area contributed by atoms with E-state index >= 15 is 0 Å². The maximum absolute atomic E-state index is 12.0. The van der Waals surface area contributed by atoms with Crippen LogP contribution in [0.25, 0.3) is 0 Å². The molecular weight excluding hydrogens is 540 g/mol. The summed E-state index contributed by atoms with van der Waals surface area (Å²) in [6.45, 7) is 8.27. The summed E-state index contributed by atoms with van der Waals surface area (Å²) < 4.78 is 35.7. The first-order chi connectivity index (χ1) is 18.0. The summed E-state index contributed by atoms with van der Waals surface area (Å²) in [6, 6.07) is 0. The van der Waals surface area contributed by atoms with Crippen molar-refractivity contribution in [3.63, 3.8) is 0 Å². The van der Waals surface area contributed by atoms with Crippen molar-refractivity contribution in [2.24, 2.45) is 22.7 Å². The van der Waals surface area contributed by atoms with Gasteiger partial charge in [-0.15, -0.1) is 0 Å². The van der Waals surface area contributed by atoms with E-state index in [0.717, 1.165) is 43.3 Å². The first-order valence-corrected chi connectivity index (χ1v) is 15.0. The van der Waals surface area contributed by atoms with Crippen molar-refractivity contribution in [3.05, 3.63) is 11.1 Å². The molecule has 0 bridgehead atoms. The maximum Gasteiger partial charge on any atom is 0.293 e. The van der Waals surface area contributed by atoms with Crippen LogP contribution in [0, 0.1) is 34.5 Å². The highest BCUT2D eigenvalue weighted by molar-refractivity contribution is 7.85. The van der Waals surface area contributed by atoms with Gasteiger partial charge in [-0.05, 0) is 57.3 Å². The third-order valence-electron chi connectivity index (χ3n) is 8.56. The Morgan fingerprint density at radius 1 is 1.15 bits per heavy atom. The molecule has 1 unspecified atom stereocenters. The molecule has 0 aromatic rings. The van der Waals surface area contributed by atoms with Gasteiger partial charge in [-0.1, -0.05) is 45.6 Å². The number of aliphatic hydroxyl groups is 2. The first-order valence-electron chi connectivity index (χ1n) is 13.1. The van der Waals surface area contributed by atoms with Gasteiger partial charge >= 0.3 is 0 Å². The Labute approximate surface area is 239 Å². The van der Waals surface area contributed by atoms with Crippen molar-refractivity contribution in [1.82, 2.24) is 0 Å². The zero-order chi connectivity index (χ0) is 30.1. The number of ether oxygens (including phenoxy) is 2. The molecule has 0 radical (unpaired) electrons. The van der Waals surface area contributed by atoms with E-state index in [1.807, 2.05) is 20.8 Å². The van der Waals surface area contributed by atoms with Crippen LogP contribution in [-0.2, 0) is 34.0 Å². The van der Waals surface area contributed by atoms with Crippen molar-refractivity contribution in [2.75, 3.05) is 33.2 Å². The van der Waals surface area contributed by atoms with Crippen LogP contribution < -0.4 is 0 Å². The Morgan fingerprint density at radius 2 is 1.75 bits per heavy atom. The van der Waals surface area contributed by atoms with E-state index in [2.05, 4.69) is 18.8 Å². The molecule has 0 aromatic carbocycles. The number of methoxy groups -OCH3 is 1. The topological polar surface area (TPSA) is 164 Å². The molecule has 10 nitrogen and oxygen atoms in total. The number of hydrogen-bond acceptors (Lipinski definition) is 9. The minimum atomic E-state index is -3.67. The van der Waals surface area contributed by atoms with Crippen LogP contribution in [0.2, 0.25) is 0 Å². The second-order valence-corrected chi connectivity index (χ2v) is 12.5. The van der Waals surface area contributed by atoms with Crippen LogP contribution in [0.1, 0.15) is 80.1 Å². The molecule has 3 aliphatic rings. The Bertz CT molecular complexity index is 1080. The predicted molar refractivity (Wildman–Crippen MR) is 152 cm³/mol. The molecule has 0 heterocycles. The fourth-order valence-electron chi connectivity index (χ4n) is 5.73. The normalized spacial score (nSPS) is 31.1. The van der Waals surface area contributed by atoms with E-state index in [1.165, 1.54) is 0 Å². The number of hydrogen-bond donors (Lipinski definition) is 3. The van der Waals surface area contributed by atoms with E-state index in [-0.39, 0.29) is 37.4 Å². The molecule has 0 saturated heterocycles. The molecule has 3 aliphatic carbocycles. The average molecular weight is 589 g/mol. The minimum absolute atomic E-state index is 0. The number of allylic oxidation sites excluding steroid dienone is 2. The molecule has 3 N–H and O–H groups in total. The van der Waals surface area contributed by atoms with Crippen molar-refractivity contribution in [1.29, 1.82) is 0 Å². The van der Waals surface area contributed by atoms with E-state index in [4.69, 9.17) is 19.1 Å². The van der Waals surface area contributed by atoms with Crippen LogP contribution in [0.4, 0.5) is 0 Å². The highest BCUT2D eigenvalue weighted by atomic mass is 32.2. The summed E-state index contributed by atoms with van der Waals surface area (Å²) in [4.78, 5) is 34.3. The fraction of sp³-hybridized carbons (Fsp3) is 0.759. The molecule has 0 spiro atoms. The highest BCUT2D eigenvalue weighted by Crippen LogP contribution is 2.50. The van der Waals surface area contributed by atoms with E-state index in [1.54, 1.807) is 7.11 Å². The molecule has 11 heteroatoms. The van der Waals surface area contributed by atoms with Crippen LogP contribution >= 0.6 is 0 Å². The van der Waals surface area contributed by atoms with Crippen LogP contribution in [0.5, 0.6) is 0 Å². The SMILES string of the molecule is C.COCC#CC1(O)CCC[C@@H](C)[C@@]1(C)COC=O.CS(=O)(=O)O.C[C@@H]1CCC2=C(C(=O)CC2)[C@]1(C)C(=O)CO. The van der Waals surface area contributed by atoms with E-state index in [0.29, 0.717) is 32.2 Å². The quantitative estimate of drug-likeness (QED) is 0.238. The van der Waals surface area contributed by atoms with Crippen molar-refractivity contribution in [3.8, 4) is 11.8 Å². The molecule has 0 aliphatic heterocycles. The second-order valence-electron chi connectivity index (χ2n) is 11.1. The number of Topliss-reactive ketones (excluding diaryl/α,β-unsaturated/α-hetero) is 2. The molecule has 230 valence electrons. The van der Waals surface area contributed by atoms with Crippen molar-refractivity contribution >= 4 is 28.2 Å². The van der Waals surface area contributed by atoms with Gasteiger partial charge in [0.05, 0.1) is 11.7 Å². The van der Waals surface area contributed by atoms with Gasteiger partial charge in [0.25, 0.3) is 16.6 Å². The predicted octanol–water partition coefficient (Wildman–Crippen LogP) is 3.15. The van der Waals surface area contributed by atoms with Crippen LogP contribution in [-0.4, -0.2) is 80.0 Å². The third-order valence-corrected chi connectivity index (χ3v) is 8.56. The summed E-state index contributed by atoms with van der Waals surface area (Å²) in [7, 11) is -2.10. The number of aliphatic hydroxyl groups excluding tert-OH is 1. The zero-order valence-corrected chi connectivity index (χ0v) is 24.7. The molecule has 0 amide bonds. The van der Waals surface area contributed by atoms with Gasteiger partial charge in [0.1, 0.15) is 25.4 Å². The highest BCUT2D eigenvalue weighted by Gasteiger charge is 2.52. The second kappa shape index (κ2) is 15.8. The Kier molecular flexibility index (Phi) is 15.0. The summed E-state index contributed by atoms with van der Waals surface area (Å²) >= 11 is 0. The smallest absolute Gasteiger partial charge is 0.293 e. The monoisotopic (exact) mass is 588 g/mol. The van der Waals surface area contributed by atoms with Gasteiger partial charge in [0.15, 0.2) is 11.6 Å². The van der Waals surface area contributed by atoms with Gasteiger partial charge in [-0.2, -0.15) is 8.42 Å². The molecule has 0 aromatic heterocycles. The van der Waals surface area contributed by atoms with Gasteiger partial charge in [0, 0.05) is 24.5 Å². The fourth-order valence-corrected chi connectivity index (χ4v) is 5.73. The van der Waals surface area contributed by atoms with Gasteiger partial charge in [-0.25, -0.2) is 0 Å². The van der Waals surface area contributed by atoms with Gasteiger partial charge in [-0.3, -0.25) is 18.9 Å². The summed E-state index contributed by atoms with van der Waals surface area (Å²) in [5.74, 6) is 6.05. The third kappa shape index (κ3) is 9.21. The lowest BCUT2D eigenvalue weighted by Crippen LogP contribution is -2.54. The number of rotatable bonds is 6. The lowest BCUT2D eigenvalue weighted by Gasteiger charge is -2.48. The molecule has 1 fully saturated rings. The Hall–Kier alpha value is -2.10. The van der Waals surface area contributed by atoms with Crippen molar-refractivity contribution in [2.45, 2.75) is 85.7 Å². The van der Waals surface area contributed by atoms with Gasteiger partial charge in [0.2, 0.25) is 0 Å².